The van der Waals surface area contributed by atoms with Gasteiger partial charge < -0.3 is 10.1 Å². The van der Waals surface area contributed by atoms with Crippen LogP contribution < -0.4 is 5.32 Å². The summed E-state index contributed by atoms with van der Waals surface area (Å²) in [4.78, 5) is 15.7. The first-order valence-corrected chi connectivity index (χ1v) is 7.38. The fourth-order valence-corrected chi connectivity index (χ4v) is 1.96. The summed E-state index contributed by atoms with van der Waals surface area (Å²) in [6, 6.07) is 4.55. The summed E-state index contributed by atoms with van der Waals surface area (Å²) in [5.74, 6) is -0.386. The predicted octanol–water partition coefficient (Wildman–Crippen LogP) is 3.00. The van der Waals surface area contributed by atoms with Gasteiger partial charge in [-0.1, -0.05) is 0 Å². The summed E-state index contributed by atoms with van der Waals surface area (Å²) >= 11 is 0. The highest BCUT2D eigenvalue weighted by Crippen LogP contribution is 2.14. The number of rotatable bonds is 4. The number of alkyl carbamates (subject to hydrolysis) is 1. The molecular formula is C16H21FN4O2. The third-order valence-electron chi connectivity index (χ3n) is 2.85. The summed E-state index contributed by atoms with van der Waals surface area (Å²) in [6.45, 7) is 7.79. The number of ether oxygens (including phenoxy) is 1. The Kier molecular flexibility index (Phi) is 4.98. The molecule has 2 rings (SSSR count). The van der Waals surface area contributed by atoms with Gasteiger partial charge in [0.15, 0.2) is 0 Å². The van der Waals surface area contributed by atoms with Gasteiger partial charge in [-0.05, 0) is 45.9 Å². The van der Waals surface area contributed by atoms with Crippen LogP contribution in [0.5, 0.6) is 0 Å². The van der Waals surface area contributed by atoms with Crippen LogP contribution in [0.2, 0.25) is 0 Å². The number of aromatic nitrogens is 3. The monoisotopic (exact) mass is 320 g/mol. The van der Waals surface area contributed by atoms with E-state index in [2.05, 4.69) is 15.4 Å². The van der Waals surface area contributed by atoms with E-state index in [0.717, 1.165) is 6.20 Å². The minimum atomic E-state index is -0.531. The highest BCUT2D eigenvalue weighted by Gasteiger charge is 2.18. The van der Waals surface area contributed by atoms with Crippen LogP contribution in [0.1, 0.15) is 27.7 Å². The normalized spacial score (nSPS) is 12.7. The summed E-state index contributed by atoms with van der Waals surface area (Å²) in [7, 11) is 0. The van der Waals surface area contributed by atoms with Crippen molar-refractivity contribution in [2.75, 3.05) is 0 Å². The third kappa shape index (κ3) is 5.36. The Morgan fingerprint density at radius 1 is 1.35 bits per heavy atom. The zero-order valence-corrected chi connectivity index (χ0v) is 13.7. The number of carbonyl (C=O) groups excluding carboxylic acids is 1. The van der Waals surface area contributed by atoms with E-state index < -0.39 is 11.7 Å². The number of hydrogen-bond donors (Lipinski definition) is 1. The van der Waals surface area contributed by atoms with E-state index in [9.17, 15) is 9.18 Å². The Morgan fingerprint density at radius 2 is 2.09 bits per heavy atom. The van der Waals surface area contributed by atoms with Gasteiger partial charge in [0.05, 0.1) is 18.4 Å². The molecule has 0 fully saturated rings. The summed E-state index contributed by atoms with van der Waals surface area (Å²) < 4.78 is 19.8. The fraction of sp³-hybridized carbons (Fsp3) is 0.438. The van der Waals surface area contributed by atoms with E-state index in [1.807, 2.05) is 27.7 Å². The second-order valence-electron chi connectivity index (χ2n) is 6.33. The molecule has 1 atom stereocenters. The second-order valence-corrected chi connectivity index (χ2v) is 6.33. The number of carbonyl (C=O) groups is 1. The summed E-state index contributed by atoms with van der Waals surface area (Å²) in [6.07, 6.45) is 2.48. The van der Waals surface area contributed by atoms with Gasteiger partial charge in [-0.25, -0.2) is 9.18 Å². The van der Waals surface area contributed by atoms with Crippen molar-refractivity contribution >= 4 is 6.09 Å². The molecule has 7 heteroatoms. The molecule has 124 valence electrons. The van der Waals surface area contributed by atoms with Crippen molar-refractivity contribution in [1.29, 1.82) is 0 Å². The molecule has 0 radical (unpaired) electrons. The minimum Gasteiger partial charge on any atom is -0.444 e. The van der Waals surface area contributed by atoms with Gasteiger partial charge in [0.25, 0.3) is 0 Å². The number of halogens is 1. The van der Waals surface area contributed by atoms with Crippen LogP contribution in [0, 0.1) is 5.82 Å². The SMILES string of the molecule is C[C@@H](Cn1ccc(-c2ccc(F)cn2)n1)NC(=O)OC(C)(C)C. The van der Waals surface area contributed by atoms with E-state index in [1.54, 1.807) is 23.0 Å². The van der Waals surface area contributed by atoms with Gasteiger partial charge in [-0.2, -0.15) is 5.10 Å². The number of nitrogens with zero attached hydrogens (tertiary/aromatic N) is 3. The lowest BCUT2D eigenvalue weighted by atomic mass is 10.2. The standard InChI is InChI=1S/C16H21FN4O2/c1-11(19-15(22)23-16(2,3)4)10-21-8-7-14(20-21)13-6-5-12(17)9-18-13/h5-9,11H,10H2,1-4H3,(H,19,22)/t11-/m0/s1. The molecule has 0 aromatic carbocycles. The first-order chi connectivity index (χ1) is 10.7. The third-order valence-corrected chi connectivity index (χ3v) is 2.85. The summed E-state index contributed by atoms with van der Waals surface area (Å²) in [5, 5.41) is 7.13. The van der Waals surface area contributed by atoms with Crippen LogP contribution in [0.15, 0.2) is 30.6 Å². The molecule has 23 heavy (non-hydrogen) atoms. The van der Waals surface area contributed by atoms with Gasteiger partial charge in [0, 0.05) is 12.2 Å². The Morgan fingerprint density at radius 3 is 2.70 bits per heavy atom. The minimum absolute atomic E-state index is 0.154. The van der Waals surface area contributed by atoms with Gasteiger partial charge in [0.2, 0.25) is 0 Å². The van der Waals surface area contributed by atoms with Crippen LogP contribution in [0.25, 0.3) is 11.4 Å². The van der Waals surface area contributed by atoms with E-state index in [0.29, 0.717) is 17.9 Å². The quantitative estimate of drug-likeness (QED) is 0.940. The lowest BCUT2D eigenvalue weighted by molar-refractivity contribution is 0.0503. The Labute approximate surface area is 134 Å². The van der Waals surface area contributed by atoms with Crippen molar-refractivity contribution in [3.8, 4) is 11.4 Å². The molecule has 0 unspecified atom stereocenters. The van der Waals surface area contributed by atoms with Crippen molar-refractivity contribution < 1.29 is 13.9 Å². The maximum atomic E-state index is 12.9. The Bertz CT molecular complexity index is 661. The lowest BCUT2D eigenvalue weighted by Gasteiger charge is -2.21. The molecule has 0 bridgehead atoms. The Hall–Kier alpha value is -2.44. The molecule has 0 aliphatic rings. The molecule has 0 saturated carbocycles. The molecule has 0 saturated heterocycles. The first-order valence-electron chi connectivity index (χ1n) is 7.38. The largest absolute Gasteiger partial charge is 0.444 e. The van der Waals surface area contributed by atoms with E-state index in [4.69, 9.17) is 4.74 Å². The molecule has 0 aliphatic heterocycles. The number of pyridine rings is 1. The number of amides is 1. The molecule has 2 heterocycles. The van der Waals surface area contributed by atoms with Gasteiger partial charge in [0.1, 0.15) is 17.1 Å². The number of nitrogens with one attached hydrogen (secondary N) is 1. The average molecular weight is 320 g/mol. The first kappa shape index (κ1) is 16.9. The van der Waals surface area contributed by atoms with Crippen molar-refractivity contribution in [3.05, 3.63) is 36.4 Å². The highest BCUT2D eigenvalue weighted by molar-refractivity contribution is 5.68. The van der Waals surface area contributed by atoms with Gasteiger partial charge in [-0.3, -0.25) is 9.67 Å². The predicted molar refractivity (Wildman–Crippen MR) is 84.2 cm³/mol. The summed E-state index contributed by atoms with van der Waals surface area (Å²) in [5.41, 5.74) is 0.712. The smallest absolute Gasteiger partial charge is 0.407 e. The molecule has 2 aromatic heterocycles. The maximum absolute atomic E-state index is 12.9. The van der Waals surface area contributed by atoms with Crippen LogP contribution in [0.3, 0.4) is 0 Å². The van der Waals surface area contributed by atoms with Crippen molar-refractivity contribution in [2.45, 2.75) is 45.9 Å². The van der Waals surface area contributed by atoms with Crippen LogP contribution in [-0.4, -0.2) is 32.5 Å². The average Bonchev–Trinajstić information content (AvgIpc) is 2.85. The topological polar surface area (TPSA) is 69.0 Å². The maximum Gasteiger partial charge on any atom is 0.407 e. The van der Waals surface area contributed by atoms with E-state index in [-0.39, 0.29) is 11.9 Å². The van der Waals surface area contributed by atoms with Crippen molar-refractivity contribution in [3.63, 3.8) is 0 Å². The molecule has 1 N–H and O–H groups in total. The van der Waals surface area contributed by atoms with E-state index in [1.165, 1.54) is 6.07 Å². The molecule has 0 spiro atoms. The van der Waals surface area contributed by atoms with Crippen LogP contribution in [-0.2, 0) is 11.3 Å². The van der Waals surface area contributed by atoms with Crippen LogP contribution in [0.4, 0.5) is 9.18 Å². The number of hydrogen-bond acceptors (Lipinski definition) is 4. The van der Waals surface area contributed by atoms with Crippen molar-refractivity contribution in [2.24, 2.45) is 0 Å². The molecule has 2 aromatic rings. The van der Waals surface area contributed by atoms with Gasteiger partial charge in [-0.15, -0.1) is 0 Å². The molecule has 0 aliphatic carbocycles. The zero-order chi connectivity index (χ0) is 17.0. The lowest BCUT2D eigenvalue weighted by Crippen LogP contribution is -2.39. The zero-order valence-electron chi connectivity index (χ0n) is 13.7. The fourth-order valence-electron chi connectivity index (χ4n) is 1.96. The highest BCUT2D eigenvalue weighted by atomic mass is 19.1. The molecular weight excluding hydrogens is 299 g/mol. The molecule has 6 nitrogen and oxygen atoms in total. The second kappa shape index (κ2) is 6.76. The van der Waals surface area contributed by atoms with Gasteiger partial charge >= 0.3 is 6.09 Å². The van der Waals surface area contributed by atoms with Crippen molar-refractivity contribution in [1.82, 2.24) is 20.1 Å². The van der Waals surface area contributed by atoms with E-state index >= 15 is 0 Å². The Balaban J connectivity index is 1.93. The van der Waals surface area contributed by atoms with Crippen LogP contribution >= 0.6 is 0 Å². The molecule has 1 amide bonds.